The molecule has 2 aliphatic carbocycles. The van der Waals surface area contributed by atoms with Gasteiger partial charge >= 0.3 is 0 Å². The van der Waals surface area contributed by atoms with Crippen LogP contribution in [0, 0.1) is 38.0 Å². The van der Waals surface area contributed by atoms with E-state index in [-0.39, 0.29) is 62.6 Å². The molecule has 9 rings (SSSR count). The van der Waals surface area contributed by atoms with Crippen LogP contribution >= 0.6 is 0 Å². The molecule has 1 heterocycles. The fraction of sp³-hybridized carbons (Fsp3) is 0.295. The van der Waals surface area contributed by atoms with Gasteiger partial charge in [-0.25, -0.2) is 0 Å². The Hall–Kier alpha value is -8.31. The van der Waals surface area contributed by atoms with E-state index < -0.39 is 39.4 Å². The van der Waals surface area contributed by atoms with Crippen LogP contribution in [0.2, 0.25) is 0 Å². The molecule has 0 saturated heterocycles. The zero-order chi connectivity index (χ0) is 53.9. The molecular formula is C61H60N4O12. The van der Waals surface area contributed by atoms with Crippen molar-refractivity contribution in [3.05, 3.63) is 212 Å². The molecule has 1 fully saturated rings. The normalized spacial score (nSPS) is 20.8. The maximum Gasteiger partial charge on any atom is 0.269 e. The quantitative estimate of drug-likeness (QED) is 0.0145. The number of non-ortho nitro benzene ring substituents is 2. The highest BCUT2D eigenvalue weighted by molar-refractivity contribution is 6.03. The Balaban J connectivity index is 1.26. The van der Waals surface area contributed by atoms with E-state index in [9.17, 15) is 35.2 Å². The molecule has 1 saturated carbocycles. The number of fused-ring (bicyclic) bond motifs is 3. The van der Waals surface area contributed by atoms with Crippen molar-refractivity contribution in [1.29, 1.82) is 0 Å². The number of nitrogens with zero attached hydrogens (tertiary/aromatic N) is 4. The highest BCUT2D eigenvalue weighted by atomic mass is 16.7. The van der Waals surface area contributed by atoms with Crippen LogP contribution in [0.15, 0.2) is 169 Å². The first kappa shape index (κ1) is 53.5. The van der Waals surface area contributed by atoms with Crippen molar-refractivity contribution in [2.24, 2.45) is 22.9 Å². The smallest absolute Gasteiger partial charge is 0.269 e. The number of nitro groups is 2. The van der Waals surface area contributed by atoms with E-state index in [1.807, 2.05) is 54.6 Å². The highest BCUT2D eigenvalue weighted by Gasteiger charge is 2.65. The number of hydrogen-bond acceptors (Lipinski definition) is 13. The van der Waals surface area contributed by atoms with Crippen LogP contribution in [0.1, 0.15) is 83.5 Å². The van der Waals surface area contributed by atoms with Crippen LogP contribution in [0.25, 0.3) is 16.8 Å². The number of benzene rings is 6. The Labute approximate surface area is 445 Å². The van der Waals surface area contributed by atoms with Crippen molar-refractivity contribution < 1.29 is 48.7 Å². The monoisotopic (exact) mass is 1040 g/mol. The number of nitro benzene ring substituents is 2. The van der Waals surface area contributed by atoms with Crippen molar-refractivity contribution >= 4 is 46.1 Å². The van der Waals surface area contributed by atoms with Crippen LogP contribution in [0.5, 0.6) is 17.2 Å². The van der Waals surface area contributed by atoms with Gasteiger partial charge in [-0.15, -0.1) is 6.58 Å². The molecule has 77 heavy (non-hydrogen) atoms. The standard InChI is InChI=1S/C61H60N4O12/c1-2-33-74-61-57(63(38-46-15-10-14-44-12-3-4-17-51(44)46)58(69)30-23-41-19-24-47(25-20-41)64(70)71)37-55(62-75-40-42-21-26-48(27-22-42)65(72)73)53-35-45(13-5-7-31-66)52(18-6-8-32-67)59(60(53)61)54-36-50(28-29-56(54)77-61)76-49-16-9-11-43(34-49)39-68/h2-4,9-12,14-17,19-30,34-36,39,45,52,57,59-60,66-67H,1,5-8,13,18,31-33,37-38,40H2/t45-,52+,57-,59+,60+,61+/m0/s1. The van der Waals surface area contributed by atoms with Crippen molar-refractivity contribution in [2.75, 3.05) is 19.8 Å². The predicted molar refractivity (Wildman–Crippen MR) is 291 cm³/mol. The Morgan fingerprint density at radius 2 is 1.52 bits per heavy atom. The first-order valence-electron chi connectivity index (χ1n) is 25.9. The molecule has 1 amide bonds. The number of ether oxygens (including phenoxy) is 3. The van der Waals surface area contributed by atoms with E-state index in [4.69, 9.17) is 24.2 Å². The third-order valence-electron chi connectivity index (χ3n) is 14.8. The number of unbranched alkanes of at least 4 members (excludes halogenated alkanes) is 2. The molecular weight excluding hydrogens is 981 g/mol. The third kappa shape index (κ3) is 11.9. The minimum Gasteiger partial charge on any atom is -0.459 e. The van der Waals surface area contributed by atoms with Gasteiger partial charge in [-0.3, -0.25) is 29.8 Å². The van der Waals surface area contributed by atoms with Crippen LogP contribution < -0.4 is 9.47 Å². The lowest BCUT2D eigenvalue weighted by Crippen LogP contribution is -2.70. The summed E-state index contributed by atoms with van der Waals surface area (Å²) >= 11 is 0. The second-order valence-corrected chi connectivity index (χ2v) is 19.5. The van der Waals surface area contributed by atoms with Crippen LogP contribution in [0.4, 0.5) is 11.4 Å². The Morgan fingerprint density at radius 3 is 2.25 bits per heavy atom. The molecule has 6 aromatic carbocycles. The molecule has 0 aromatic heterocycles. The molecule has 2 N–H and O–H groups in total. The van der Waals surface area contributed by atoms with Crippen molar-refractivity contribution in [1.82, 2.24) is 4.90 Å². The van der Waals surface area contributed by atoms with Gasteiger partial charge in [-0.2, -0.15) is 0 Å². The number of aliphatic hydroxyl groups excluding tert-OH is 2. The number of hydrogen-bond donors (Lipinski definition) is 2. The largest absolute Gasteiger partial charge is 0.459 e. The minimum atomic E-state index is -1.64. The summed E-state index contributed by atoms with van der Waals surface area (Å²) in [4.78, 5) is 57.6. The molecule has 6 atom stereocenters. The maximum absolute atomic E-state index is 15.6. The van der Waals surface area contributed by atoms with Gasteiger partial charge in [0.25, 0.3) is 11.4 Å². The summed E-state index contributed by atoms with van der Waals surface area (Å²) in [6.07, 6.45) is 11.7. The van der Waals surface area contributed by atoms with E-state index in [0.717, 1.165) is 40.2 Å². The Bertz CT molecular complexity index is 3210. The van der Waals surface area contributed by atoms with Crippen molar-refractivity contribution in [3.8, 4) is 17.2 Å². The maximum atomic E-state index is 15.6. The predicted octanol–water partition coefficient (Wildman–Crippen LogP) is 11.8. The summed E-state index contributed by atoms with van der Waals surface area (Å²) in [5, 5.41) is 50.2. The van der Waals surface area contributed by atoms with E-state index in [1.54, 1.807) is 71.6 Å². The summed E-state index contributed by atoms with van der Waals surface area (Å²) < 4.78 is 21.3. The van der Waals surface area contributed by atoms with Crippen molar-refractivity contribution in [3.63, 3.8) is 0 Å². The molecule has 0 unspecified atom stereocenters. The van der Waals surface area contributed by atoms with Crippen LogP contribution in [-0.2, 0) is 27.5 Å². The fourth-order valence-electron chi connectivity index (χ4n) is 11.3. The Morgan fingerprint density at radius 1 is 0.818 bits per heavy atom. The third-order valence-corrected chi connectivity index (χ3v) is 14.8. The molecule has 3 aliphatic rings. The second-order valence-electron chi connectivity index (χ2n) is 19.5. The average Bonchev–Trinajstić information content (AvgIpc) is 3.61. The molecule has 0 spiro atoms. The lowest BCUT2D eigenvalue weighted by atomic mass is 9.55. The number of amides is 1. The number of aldehydes is 1. The van der Waals surface area contributed by atoms with Gasteiger partial charge < -0.3 is 34.2 Å². The number of carbonyl (C=O) groups is 2. The highest BCUT2D eigenvalue weighted by Crippen LogP contribution is 2.62. The number of allylic oxidation sites excluding steroid dienone is 1. The lowest BCUT2D eigenvalue weighted by molar-refractivity contribution is -0.385. The second kappa shape index (κ2) is 24.6. The summed E-state index contributed by atoms with van der Waals surface area (Å²) in [6, 6.07) is 37.4. The minimum absolute atomic E-state index is 0.00458. The molecule has 0 bridgehead atoms. The van der Waals surface area contributed by atoms with Gasteiger partial charge in [0.1, 0.15) is 36.2 Å². The Kier molecular flexibility index (Phi) is 17.1. The van der Waals surface area contributed by atoms with E-state index in [2.05, 4.69) is 12.7 Å². The topological polar surface area (TPSA) is 213 Å². The number of aliphatic hydroxyl groups is 2. The lowest BCUT2D eigenvalue weighted by Gasteiger charge is -2.60. The molecule has 16 nitrogen and oxygen atoms in total. The van der Waals surface area contributed by atoms with E-state index in [1.165, 1.54) is 30.3 Å². The van der Waals surface area contributed by atoms with Crippen molar-refractivity contribution in [2.45, 2.75) is 75.8 Å². The van der Waals surface area contributed by atoms with Gasteiger partial charge in [-0.1, -0.05) is 84.7 Å². The first-order chi connectivity index (χ1) is 37.5. The fourth-order valence-corrected chi connectivity index (χ4v) is 11.3. The van der Waals surface area contributed by atoms with Gasteiger partial charge in [-0.05, 0) is 131 Å². The van der Waals surface area contributed by atoms with Gasteiger partial charge in [0.2, 0.25) is 11.7 Å². The van der Waals surface area contributed by atoms with Gasteiger partial charge in [0.05, 0.1) is 28.1 Å². The zero-order valence-electron chi connectivity index (χ0n) is 42.4. The summed E-state index contributed by atoms with van der Waals surface area (Å²) in [6.45, 7) is 4.17. The SMILES string of the molecule is C=CCO[C@@]12Oc3ccc(Oc4cccc(C=O)c4)cc3[C@H]3[C@H](CCCCO)[C@@H](CCCCO)C=C(C(=NOCc4ccc([N+](=O)[O-])cc4)C[C@@H]1N(Cc1cccc4ccccc14)C(=O)C=Cc1ccc([N+](=O)[O-])cc1)[C@H]32. The summed E-state index contributed by atoms with van der Waals surface area (Å²) in [5.74, 6) is -1.86. The summed E-state index contributed by atoms with van der Waals surface area (Å²) in [5.41, 5.74) is 4.49. The number of carbonyl (C=O) groups excluding carboxylic acids is 2. The number of oxime groups is 1. The molecule has 396 valence electrons. The van der Waals surface area contributed by atoms with Gasteiger partial charge in [0.15, 0.2) is 0 Å². The number of rotatable bonds is 24. The molecule has 16 heteroatoms. The van der Waals surface area contributed by atoms with Gasteiger partial charge in [0, 0.05) is 73.6 Å². The molecule has 6 aromatic rings. The van der Waals surface area contributed by atoms with E-state index in [0.29, 0.717) is 71.8 Å². The van der Waals surface area contributed by atoms with Crippen LogP contribution in [-0.4, -0.2) is 74.5 Å². The van der Waals surface area contributed by atoms with Crippen LogP contribution in [0.3, 0.4) is 0 Å². The molecule has 1 aliphatic heterocycles. The van der Waals surface area contributed by atoms with E-state index >= 15 is 4.79 Å². The first-order valence-corrected chi connectivity index (χ1v) is 25.9. The zero-order valence-corrected chi connectivity index (χ0v) is 42.4. The summed E-state index contributed by atoms with van der Waals surface area (Å²) in [7, 11) is 0. The average molecular weight is 1040 g/mol. The molecule has 0 radical (unpaired) electrons.